The number of carboxylic acids is 1. The van der Waals surface area contributed by atoms with Gasteiger partial charge in [-0.3, -0.25) is 4.79 Å². The van der Waals surface area contributed by atoms with E-state index < -0.39 is 12.0 Å². The van der Waals surface area contributed by atoms with Gasteiger partial charge in [-0.15, -0.1) is 0 Å². The summed E-state index contributed by atoms with van der Waals surface area (Å²) in [6.45, 7) is 3.07. The first kappa shape index (κ1) is 13.5. The molecule has 1 atom stereocenters. The molecule has 1 saturated heterocycles. The Balaban J connectivity index is 1.96. The quantitative estimate of drug-likeness (QED) is 0.730. The van der Waals surface area contributed by atoms with Gasteiger partial charge in [-0.2, -0.15) is 0 Å². The molecule has 0 aliphatic carbocycles. The fraction of sp³-hybridized carbons (Fsp3) is 0.583. The molecule has 2 heterocycles. The molecule has 7 nitrogen and oxygen atoms in total. The lowest BCUT2D eigenvalue weighted by Gasteiger charge is -2.23. The lowest BCUT2D eigenvalue weighted by molar-refractivity contribution is -0.137. The number of nitrogens with one attached hydrogen (secondary N) is 2. The van der Waals surface area contributed by atoms with Crippen LogP contribution in [0.1, 0.15) is 19.8 Å². The van der Waals surface area contributed by atoms with E-state index in [2.05, 4.69) is 20.6 Å². The van der Waals surface area contributed by atoms with Crippen molar-refractivity contribution in [2.75, 3.05) is 23.8 Å². The van der Waals surface area contributed by atoms with Crippen molar-refractivity contribution in [1.82, 2.24) is 9.97 Å². The number of aliphatic carboxylic acids is 1. The van der Waals surface area contributed by atoms with Gasteiger partial charge in [-0.25, -0.2) is 9.97 Å². The van der Waals surface area contributed by atoms with E-state index in [4.69, 9.17) is 9.84 Å². The van der Waals surface area contributed by atoms with Crippen LogP contribution in [0.4, 0.5) is 11.6 Å². The van der Waals surface area contributed by atoms with E-state index in [-0.39, 0.29) is 0 Å². The van der Waals surface area contributed by atoms with Gasteiger partial charge in [0.25, 0.3) is 0 Å². The molecule has 0 radical (unpaired) electrons. The van der Waals surface area contributed by atoms with E-state index in [0.717, 1.165) is 26.1 Å². The Hall–Kier alpha value is -1.89. The Kier molecular flexibility index (Phi) is 4.51. The molecule has 0 saturated carbocycles. The normalized spacial score (nSPS) is 17.7. The van der Waals surface area contributed by atoms with Crippen LogP contribution in [0.25, 0.3) is 0 Å². The number of hydrogen-bond donors (Lipinski definition) is 3. The summed E-state index contributed by atoms with van der Waals surface area (Å²) in [5, 5.41) is 14.9. The summed E-state index contributed by atoms with van der Waals surface area (Å²) in [4.78, 5) is 18.9. The predicted molar refractivity (Wildman–Crippen MR) is 70.2 cm³/mol. The third-order valence-electron chi connectivity index (χ3n) is 2.98. The lowest BCUT2D eigenvalue weighted by atomic mass is 10.1. The Morgan fingerprint density at radius 1 is 1.42 bits per heavy atom. The fourth-order valence-corrected chi connectivity index (χ4v) is 1.85. The zero-order valence-electron chi connectivity index (χ0n) is 10.8. The second-order valence-corrected chi connectivity index (χ2v) is 4.52. The van der Waals surface area contributed by atoms with Crippen LogP contribution < -0.4 is 10.6 Å². The Labute approximate surface area is 111 Å². The molecule has 1 fully saturated rings. The Morgan fingerprint density at radius 2 is 2.11 bits per heavy atom. The van der Waals surface area contributed by atoms with Crippen LogP contribution in [0.15, 0.2) is 12.4 Å². The van der Waals surface area contributed by atoms with E-state index in [1.165, 1.54) is 6.33 Å². The molecule has 1 aromatic heterocycles. The monoisotopic (exact) mass is 266 g/mol. The van der Waals surface area contributed by atoms with Crippen molar-refractivity contribution in [2.45, 2.75) is 31.8 Å². The fourth-order valence-electron chi connectivity index (χ4n) is 1.85. The number of carbonyl (C=O) groups is 1. The molecule has 7 heteroatoms. The van der Waals surface area contributed by atoms with Gasteiger partial charge in [0, 0.05) is 25.3 Å². The first-order valence-corrected chi connectivity index (χ1v) is 6.31. The molecular formula is C12H18N4O3. The lowest BCUT2D eigenvalue weighted by Crippen LogP contribution is -2.28. The Bertz CT molecular complexity index is 435. The van der Waals surface area contributed by atoms with Gasteiger partial charge in [0.2, 0.25) is 0 Å². The molecule has 1 aromatic rings. The molecule has 1 aliphatic heterocycles. The van der Waals surface area contributed by atoms with Crippen molar-refractivity contribution < 1.29 is 14.6 Å². The summed E-state index contributed by atoms with van der Waals surface area (Å²) in [6, 6.07) is 1.37. The largest absolute Gasteiger partial charge is 0.480 e. The zero-order chi connectivity index (χ0) is 13.7. The van der Waals surface area contributed by atoms with Crippen molar-refractivity contribution in [1.29, 1.82) is 0 Å². The zero-order valence-corrected chi connectivity index (χ0v) is 10.8. The summed E-state index contributed by atoms with van der Waals surface area (Å²) in [5.74, 6) is 0.277. The molecule has 1 unspecified atom stereocenters. The second-order valence-electron chi connectivity index (χ2n) is 4.52. The van der Waals surface area contributed by atoms with Gasteiger partial charge in [0.05, 0.1) is 0 Å². The van der Waals surface area contributed by atoms with Gasteiger partial charge in [-0.05, 0) is 19.8 Å². The van der Waals surface area contributed by atoms with E-state index in [0.29, 0.717) is 17.7 Å². The average Bonchev–Trinajstić information content (AvgIpc) is 2.40. The van der Waals surface area contributed by atoms with Crippen LogP contribution in [0.5, 0.6) is 0 Å². The molecule has 0 spiro atoms. The van der Waals surface area contributed by atoms with E-state index >= 15 is 0 Å². The van der Waals surface area contributed by atoms with E-state index in [1.807, 2.05) is 0 Å². The third-order valence-corrected chi connectivity index (χ3v) is 2.98. The van der Waals surface area contributed by atoms with Crippen LogP contribution in [-0.2, 0) is 9.53 Å². The highest BCUT2D eigenvalue weighted by Gasteiger charge is 2.15. The highest BCUT2D eigenvalue weighted by molar-refractivity contribution is 5.76. The number of aromatic nitrogens is 2. The number of ether oxygens (including phenoxy) is 1. The van der Waals surface area contributed by atoms with Gasteiger partial charge < -0.3 is 20.5 Å². The summed E-state index contributed by atoms with van der Waals surface area (Å²) >= 11 is 0. The number of rotatable bonds is 5. The van der Waals surface area contributed by atoms with Crippen LogP contribution in [0.3, 0.4) is 0 Å². The van der Waals surface area contributed by atoms with Gasteiger partial charge in [0.1, 0.15) is 24.0 Å². The van der Waals surface area contributed by atoms with Gasteiger partial charge in [0.15, 0.2) is 0 Å². The van der Waals surface area contributed by atoms with Gasteiger partial charge in [-0.1, -0.05) is 0 Å². The maximum atomic E-state index is 10.8. The predicted octanol–water partition coefficient (Wildman–Crippen LogP) is 0.952. The SMILES string of the molecule is CC(Nc1cc(NC2CCOCC2)ncn1)C(=O)O. The molecule has 2 rings (SSSR count). The molecule has 104 valence electrons. The van der Waals surface area contributed by atoms with Crippen molar-refractivity contribution >= 4 is 17.6 Å². The molecular weight excluding hydrogens is 248 g/mol. The minimum atomic E-state index is -0.919. The van der Waals surface area contributed by atoms with Crippen molar-refractivity contribution in [3.63, 3.8) is 0 Å². The van der Waals surface area contributed by atoms with Crippen LogP contribution in [0, 0.1) is 0 Å². The maximum Gasteiger partial charge on any atom is 0.325 e. The van der Waals surface area contributed by atoms with Gasteiger partial charge >= 0.3 is 5.97 Å². The smallest absolute Gasteiger partial charge is 0.325 e. The first-order chi connectivity index (χ1) is 9.15. The third kappa shape index (κ3) is 4.06. The standard InChI is InChI=1S/C12H18N4O3/c1-8(12(17)18)15-10-6-11(14-7-13-10)16-9-2-4-19-5-3-9/h6-9H,2-5H2,1H3,(H,17,18)(H2,13,14,15,16). The molecule has 0 aromatic carbocycles. The van der Waals surface area contributed by atoms with Crippen LogP contribution >= 0.6 is 0 Å². The number of carboxylic acid groups (broad SMARTS) is 1. The summed E-state index contributed by atoms with van der Waals surface area (Å²) in [6.07, 6.45) is 3.30. The molecule has 3 N–H and O–H groups in total. The number of hydrogen-bond acceptors (Lipinski definition) is 6. The first-order valence-electron chi connectivity index (χ1n) is 6.31. The van der Waals surface area contributed by atoms with Crippen molar-refractivity contribution in [2.24, 2.45) is 0 Å². The second kappa shape index (κ2) is 6.33. The van der Waals surface area contributed by atoms with Crippen LogP contribution in [0.2, 0.25) is 0 Å². The van der Waals surface area contributed by atoms with Crippen molar-refractivity contribution in [3.8, 4) is 0 Å². The minimum Gasteiger partial charge on any atom is -0.480 e. The topological polar surface area (TPSA) is 96.4 Å². The van der Waals surface area contributed by atoms with Crippen LogP contribution in [-0.4, -0.2) is 46.3 Å². The number of anilines is 2. The summed E-state index contributed by atoms with van der Waals surface area (Å²) in [7, 11) is 0. The average molecular weight is 266 g/mol. The van der Waals surface area contributed by atoms with E-state index in [9.17, 15) is 4.79 Å². The summed E-state index contributed by atoms with van der Waals surface area (Å²) in [5.41, 5.74) is 0. The molecule has 0 amide bonds. The number of nitrogens with zero attached hydrogens (tertiary/aromatic N) is 2. The maximum absolute atomic E-state index is 10.8. The molecule has 19 heavy (non-hydrogen) atoms. The summed E-state index contributed by atoms with van der Waals surface area (Å²) < 4.78 is 5.29. The highest BCUT2D eigenvalue weighted by atomic mass is 16.5. The molecule has 0 bridgehead atoms. The highest BCUT2D eigenvalue weighted by Crippen LogP contribution is 2.15. The van der Waals surface area contributed by atoms with Crippen molar-refractivity contribution in [3.05, 3.63) is 12.4 Å². The minimum absolute atomic E-state index is 0.341. The van der Waals surface area contributed by atoms with E-state index in [1.54, 1.807) is 13.0 Å². The Morgan fingerprint density at radius 3 is 2.79 bits per heavy atom. The molecule has 1 aliphatic rings.